The highest BCUT2D eigenvalue weighted by molar-refractivity contribution is 9.10. The summed E-state index contributed by atoms with van der Waals surface area (Å²) in [6.07, 6.45) is 0. The molecule has 2 N–H and O–H groups in total. The molecule has 0 aliphatic carbocycles. The SMILES string of the molecule is Cc1cc(-c2nn3c(C)nnc3s2)ccc1NC(=S)NC(=O)c1ccccc1Br. The van der Waals surface area contributed by atoms with E-state index in [1.54, 1.807) is 16.6 Å². The molecule has 0 aliphatic rings. The number of thiocarbonyl (C=S) groups is 1. The minimum Gasteiger partial charge on any atom is -0.332 e. The first-order chi connectivity index (χ1) is 13.9. The number of benzene rings is 2. The van der Waals surface area contributed by atoms with Gasteiger partial charge in [0.2, 0.25) is 4.96 Å². The maximum Gasteiger partial charge on any atom is 0.258 e. The normalized spacial score (nSPS) is 10.9. The number of nitrogens with one attached hydrogen (secondary N) is 2. The zero-order valence-electron chi connectivity index (χ0n) is 15.4. The lowest BCUT2D eigenvalue weighted by molar-refractivity contribution is 0.0977. The second kappa shape index (κ2) is 7.97. The molecule has 2 aromatic carbocycles. The molecule has 2 heterocycles. The fraction of sp³-hybridized carbons (Fsp3) is 0.105. The van der Waals surface area contributed by atoms with Gasteiger partial charge in [-0.2, -0.15) is 9.61 Å². The van der Waals surface area contributed by atoms with Crippen molar-refractivity contribution >= 4 is 61.2 Å². The number of anilines is 1. The van der Waals surface area contributed by atoms with Crippen molar-refractivity contribution in [3.05, 3.63) is 63.9 Å². The molecule has 1 amide bonds. The molecule has 0 aliphatic heterocycles. The molecular formula is C19H15BrN6OS2. The van der Waals surface area contributed by atoms with Crippen LogP contribution in [0.25, 0.3) is 15.5 Å². The number of nitrogens with zero attached hydrogens (tertiary/aromatic N) is 4. The molecule has 0 bridgehead atoms. The van der Waals surface area contributed by atoms with Crippen LogP contribution >= 0.6 is 39.5 Å². The first kappa shape index (κ1) is 19.6. The number of aryl methyl sites for hydroxylation is 2. The van der Waals surface area contributed by atoms with Crippen LogP contribution in [-0.4, -0.2) is 30.8 Å². The Morgan fingerprint density at radius 1 is 1.17 bits per heavy atom. The average molecular weight is 487 g/mol. The third kappa shape index (κ3) is 4.04. The number of hydrogen-bond acceptors (Lipinski definition) is 6. The Balaban J connectivity index is 1.48. The average Bonchev–Trinajstić information content (AvgIpc) is 3.26. The second-order valence-electron chi connectivity index (χ2n) is 6.27. The van der Waals surface area contributed by atoms with Crippen LogP contribution in [0.3, 0.4) is 0 Å². The maximum absolute atomic E-state index is 12.4. The fourth-order valence-corrected chi connectivity index (χ4v) is 4.29. The summed E-state index contributed by atoms with van der Waals surface area (Å²) in [4.78, 5) is 13.1. The predicted octanol–water partition coefficient (Wildman–Crippen LogP) is 4.36. The van der Waals surface area contributed by atoms with E-state index in [4.69, 9.17) is 12.2 Å². The molecule has 146 valence electrons. The van der Waals surface area contributed by atoms with Gasteiger partial charge in [-0.3, -0.25) is 10.1 Å². The smallest absolute Gasteiger partial charge is 0.258 e. The van der Waals surface area contributed by atoms with Crippen molar-refractivity contribution in [3.8, 4) is 10.6 Å². The Kier molecular flexibility index (Phi) is 5.39. The Hall–Kier alpha value is -2.69. The highest BCUT2D eigenvalue weighted by Crippen LogP contribution is 2.28. The zero-order valence-corrected chi connectivity index (χ0v) is 18.7. The van der Waals surface area contributed by atoms with Gasteiger partial charge in [0.05, 0.1) is 5.56 Å². The van der Waals surface area contributed by atoms with Gasteiger partial charge in [0.1, 0.15) is 5.01 Å². The minimum atomic E-state index is -0.278. The Bertz CT molecular complexity index is 1250. The van der Waals surface area contributed by atoms with E-state index in [2.05, 4.69) is 41.9 Å². The molecule has 10 heteroatoms. The standard InChI is InChI=1S/C19H15BrN6OS2/c1-10-9-12(17-25-26-11(2)23-24-19(26)29-17)7-8-15(10)21-18(28)22-16(27)13-5-3-4-6-14(13)20/h3-9H,1-2H3,(H2,21,22,27,28). The molecule has 29 heavy (non-hydrogen) atoms. The molecule has 0 saturated heterocycles. The monoisotopic (exact) mass is 486 g/mol. The molecule has 0 fully saturated rings. The van der Waals surface area contributed by atoms with Crippen molar-refractivity contribution in [2.45, 2.75) is 13.8 Å². The van der Waals surface area contributed by atoms with Gasteiger partial charge in [-0.15, -0.1) is 10.2 Å². The molecule has 2 aromatic heterocycles. The van der Waals surface area contributed by atoms with Crippen LogP contribution in [0.5, 0.6) is 0 Å². The lowest BCUT2D eigenvalue weighted by Crippen LogP contribution is -2.34. The number of carbonyl (C=O) groups excluding carboxylic acids is 1. The van der Waals surface area contributed by atoms with E-state index in [0.29, 0.717) is 10.0 Å². The van der Waals surface area contributed by atoms with Gasteiger partial charge in [-0.1, -0.05) is 23.5 Å². The van der Waals surface area contributed by atoms with E-state index in [1.165, 1.54) is 11.3 Å². The van der Waals surface area contributed by atoms with Gasteiger partial charge in [0.15, 0.2) is 10.9 Å². The topological polar surface area (TPSA) is 84.2 Å². The van der Waals surface area contributed by atoms with Crippen molar-refractivity contribution in [1.29, 1.82) is 0 Å². The molecule has 4 aromatic rings. The number of aromatic nitrogens is 4. The molecule has 0 saturated carbocycles. The van der Waals surface area contributed by atoms with Gasteiger partial charge < -0.3 is 5.32 Å². The van der Waals surface area contributed by atoms with Gasteiger partial charge >= 0.3 is 0 Å². The van der Waals surface area contributed by atoms with Gasteiger partial charge in [0.25, 0.3) is 5.91 Å². The minimum absolute atomic E-state index is 0.232. The van der Waals surface area contributed by atoms with E-state index in [0.717, 1.165) is 32.6 Å². The van der Waals surface area contributed by atoms with Crippen LogP contribution in [0, 0.1) is 13.8 Å². The van der Waals surface area contributed by atoms with Crippen LogP contribution in [0.15, 0.2) is 46.9 Å². The van der Waals surface area contributed by atoms with Crippen LogP contribution in [-0.2, 0) is 0 Å². The van der Waals surface area contributed by atoms with Crippen molar-refractivity contribution in [2.75, 3.05) is 5.32 Å². The molecule has 0 unspecified atom stereocenters. The Morgan fingerprint density at radius 3 is 2.69 bits per heavy atom. The van der Waals surface area contributed by atoms with Crippen molar-refractivity contribution in [3.63, 3.8) is 0 Å². The van der Waals surface area contributed by atoms with Crippen LogP contribution < -0.4 is 10.6 Å². The van der Waals surface area contributed by atoms with E-state index < -0.39 is 0 Å². The summed E-state index contributed by atoms with van der Waals surface area (Å²) >= 11 is 10.1. The van der Waals surface area contributed by atoms with E-state index in [-0.39, 0.29) is 11.0 Å². The van der Waals surface area contributed by atoms with Gasteiger partial charge in [0, 0.05) is 15.7 Å². The number of halogens is 1. The highest BCUT2D eigenvalue weighted by Gasteiger charge is 2.13. The predicted molar refractivity (Wildman–Crippen MR) is 121 cm³/mol. The third-order valence-corrected chi connectivity index (χ3v) is 6.06. The first-order valence-corrected chi connectivity index (χ1v) is 10.6. The largest absolute Gasteiger partial charge is 0.332 e. The maximum atomic E-state index is 12.4. The van der Waals surface area contributed by atoms with Crippen molar-refractivity contribution in [2.24, 2.45) is 0 Å². The molecule has 0 atom stereocenters. The Morgan fingerprint density at radius 2 is 1.97 bits per heavy atom. The van der Waals surface area contributed by atoms with Crippen LogP contribution in [0.2, 0.25) is 0 Å². The van der Waals surface area contributed by atoms with Gasteiger partial charge in [-0.05, 0) is 77.9 Å². The van der Waals surface area contributed by atoms with Crippen molar-refractivity contribution < 1.29 is 4.79 Å². The zero-order chi connectivity index (χ0) is 20.5. The van der Waals surface area contributed by atoms with Crippen molar-refractivity contribution in [1.82, 2.24) is 25.1 Å². The highest BCUT2D eigenvalue weighted by atomic mass is 79.9. The van der Waals surface area contributed by atoms with E-state index >= 15 is 0 Å². The van der Waals surface area contributed by atoms with Gasteiger partial charge in [-0.25, -0.2) is 0 Å². The fourth-order valence-electron chi connectivity index (χ4n) is 2.74. The summed E-state index contributed by atoms with van der Waals surface area (Å²) in [5, 5.41) is 19.5. The first-order valence-electron chi connectivity index (χ1n) is 8.59. The second-order valence-corrected chi connectivity index (χ2v) is 8.49. The summed E-state index contributed by atoms with van der Waals surface area (Å²) < 4.78 is 2.44. The van der Waals surface area contributed by atoms with Crippen LogP contribution in [0.4, 0.5) is 5.69 Å². The number of hydrogen-bond donors (Lipinski definition) is 2. The van der Waals surface area contributed by atoms with Crippen LogP contribution in [0.1, 0.15) is 21.7 Å². The summed E-state index contributed by atoms with van der Waals surface area (Å²) in [5.41, 5.74) is 3.28. The Labute approximate surface area is 184 Å². The quantitative estimate of drug-likeness (QED) is 0.418. The summed E-state index contributed by atoms with van der Waals surface area (Å²) in [6, 6.07) is 13.1. The summed E-state index contributed by atoms with van der Waals surface area (Å²) in [7, 11) is 0. The third-order valence-electron chi connectivity index (χ3n) is 4.21. The summed E-state index contributed by atoms with van der Waals surface area (Å²) in [6.45, 7) is 3.83. The number of carbonyl (C=O) groups is 1. The lowest BCUT2D eigenvalue weighted by Gasteiger charge is -2.13. The van der Waals surface area contributed by atoms with E-state index in [1.807, 2.05) is 44.2 Å². The molecule has 4 rings (SSSR count). The molecule has 0 radical (unpaired) electrons. The molecule has 0 spiro atoms. The summed E-state index contributed by atoms with van der Waals surface area (Å²) in [5.74, 6) is 0.475. The number of rotatable bonds is 3. The molecular weight excluding hydrogens is 472 g/mol. The lowest BCUT2D eigenvalue weighted by atomic mass is 10.1. The van der Waals surface area contributed by atoms with E-state index in [9.17, 15) is 4.79 Å². The number of fused-ring (bicyclic) bond motifs is 1. The number of amides is 1. The molecule has 7 nitrogen and oxygen atoms in total.